The van der Waals surface area contributed by atoms with Gasteiger partial charge in [0.05, 0.1) is 17.3 Å². The summed E-state index contributed by atoms with van der Waals surface area (Å²) < 4.78 is 12.9. The van der Waals surface area contributed by atoms with Gasteiger partial charge in [-0.3, -0.25) is 4.79 Å². The minimum absolute atomic E-state index is 0.0804. The number of carbonyl (C=O) groups excluding carboxylic acids is 1. The molecule has 1 amide bonds. The molecule has 2 rings (SSSR count). The fourth-order valence-electron chi connectivity index (χ4n) is 1.97. The quantitative estimate of drug-likeness (QED) is 0.845. The van der Waals surface area contributed by atoms with Crippen LogP contribution in [0.4, 0.5) is 10.1 Å². The zero-order valence-corrected chi connectivity index (χ0v) is 13.4. The van der Waals surface area contributed by atoms with Crippen LogP contribution in [0.15, 0.2) is 42.5 Å². The fraction of sp³-hybridized carbons (Fsp3) is 0.188. The van der Waals surface area contributed by atoms with Crippen molar-refractivity contribution in [3.05, 3.63) is 63.9 Å². The molecule has 2 N–H and O–H groups in total. The van der Waals surface area contributed by atoms with E-state index < -0.39 is 5.82 Å². The highest BCUT2D eigenvalue weighted by Crippen LogP contribution is 2.23. The van der Waals surface area contributed by atoms with E-state index in [4.69, 9.17) is 23.2 Å². The molecule has 0 aromatic heterocycles. The van der Waals surface area contributed by atoms with E-state index in [1.165, 1.54) is 12.1 Å². The van der Waals surface area contributed by atoms with Crippen LogP contribution in [-0.4, -0.2) is 12.5 Å². The SMILES string of the molecule is C[C@H](NCC(=O)Nc1ccc(F)cc1Cl)c1ccccc1Cl. The summed E-state index contributed by atoms with van der Waals surface area (Å²) in [5, 5.41) is 6.51. The van der Waals surface area contributed by atoms with Crippen molar-refractivity contribution in [3.8, 4) is 0 Å². The third-order valence-corrected chi connectivity index (χ3v) is 3.80. The summed E-state index contributed by atoms with van der Waals surface area (Å²) in [5.41, 5.74) is 1.29. The molecule has 0 saturated heterocycles. The molecule has 0 heterocycles. The third-order valence-electron chi connectivity index (χ3n) is 3.15. The number of nitrogens with one attached hydrogen (secondary N) is 2. The minimum atomic E-state index is -0.450. The van der Waals surface area contributed by atoms with Crippen molar-refractivity contribution >= 4 is 34.8 Å². The second-order valence-electron chi connectivity index (χ2n) is 4.80. The Morgan fingerprint density at radius 2 is 1.91 bits per heavy atom. The standard InChI is InChI=1S/C16H15Cl2FN2O/c1-10(12-4-2-3-5-13(12)17)20-9-16(22)21-15-7-6-11(19)8-14(15)18/h2-8,10,20H,9H2,1H3,(H,21,22)/t10-/m0/s1. The molecule has 6 heteroatoms. The van der Waals surface area contributed by atoms with Gasteiger partial charge in [-0.25, -0.2) is 4.39 Å². The fourth-order valence-corrected chi connectivity index (χ4v) is 2.48. The Morgan fingerprint density at radius 1 is 1.18 bits per heavy atom. The predicted octanol–water partition coefficient (Wildman–Crippen LogP) is 4.42. The Balaban J connectivity index is 1.91. The third kappa shape index (κ3) is 4.44. The highest BCUT2D eigenvalue weighted by atomic mass is 35.5. The van der Waals surface area contributed by atoms with Crippen LogP contribution in [0.1, 0.15) is 18.5 Å². The average molecular weight is 341 g/mol. The van der Waals surface area contributed by atoms with E-state index in [1.807, 2.05) is 25.1 Å². The van der Waals surface area contributed by atoms with E-state index >= 15 is 0 Å². The molecule has 0 radical (unpaired) electrons. The summed E-state index contributed by atoms with van der Waals surface area (Å²) in [7, 11) is 0. The van der Waals surface area contributed by atoms with Crippen molar-refractivity contribution < 1.29 is 9.18 Å². The Kier molecular flexibility index (Phi) is 5.77. The largest absolute Gasteiger partial charge is 0.324 e. The maximum Gasteiger partial charge on any atom is 0.238 e. The molecule has 2 aromatic rings. The van der Waals surface area contributed by atoms with E-state index in [0.717, 1.165) is 11.6 Å². The molecule has 0 bridgehead atoms. The molecule has 0 spiro atoms. The monoisotopic (exact) mass is 340 g/mol. The molecule has 0 fully saturated rings. The van der Waals surface area contributed by atoms with Crippen molar-refractivity contribution in [2.24, 2.45) is 0 Å². The van der Waals surface area contributed by atoms with Crippen molar-refractivity contribution in [1.82, 2.24) is 5.32 Å². The molecular formula is C16H15Cl2FN2O. The normalized spacial score (nSPS) is 12.0. The molecule has 0 aliphatic carbocycles. The van der Waals surface area contributed by atoms with Crippen LogP contribution in [0.2, 0.25) is 10.0 Å². The van der Waals surface area contributed by atoms with Crippen LogP contribution in [0.5, 0.6) is 0 Å². The molecule has 0 aliphatic rings. The second kappa shape index (κ2) is 7.58. The van der Waals surface area contributed by atoms with Gasteiger partial charge >= 0.3 is 0 Å². The van der Waals surface area contributed by atoms with E-state index in [9.17, 15) is 9.18 Å². The van der Waals surface area contributed by atoms with Crippen LogP contribution in [0, 0.1) is 5.82 Å². The lowest BCUT2D eigenvalue weighted by Crippen LogP contribution is -2.30. The van der Waals surface area contributed by atoms with E-state index in [2.05, 4.69) is 10.6 Å². The smallest absolute Gasteiger partial charge is 0.238 e. The number of rotatable bonds is 5. The van der Waals surface area contributed by atoms with Gasteiger partial charge in [0.1, 0.15) is 5.82 Å². The molecule has 1 atom stereocenters. The number of amides is 1. The van der Waals surface area contributed by atoms with Crippen molar-refractivity contribution in [1.29, 1.82) is 0 Å². The van der Waals surface area contributed by atoms with Gasteiger partial charge < -0.3 is 10.6 Å². The van der Waals surface area contributed by atoms with Gasteiger partial charge in [0.25, 0.3) is 0 Å². The highest BCUT2D eigenvalue weighted by Gasteiger charge is 2.11. The topological polar surface area (TPSA) is 41.1 Å². The number of anilines is 1. The van der Waals surface area contributed by atoms with E-state index in [0.29, 0.717) is 10.7 Å². The zero-order valence-electron chi connectivity index (χ0n) is 11.9. The number of hydrogen-bond donors (Lipinski definition) is 2. The summed E-state index contributed by atoms with van der Waals surface area (Å²) in [6.45, 7) is 2.00. The predicted molar refractivity (Wildman–Crippen MR) is 87.9 cm³/mol. The molecule has 116 valence electrons. The first-order valence-electron chi connectivity index (χ1n) is 6.70. The Labute approximate surface area is 138 Å². The first-order chi connectivity index (χ1) is 10.5. The van der Waals surface area contributed by atoms with Crippen LogP contribution in [0.3, 0.4) is 0 Å². The van der Waals surface area contributed by atoms with Gasteiger partial charge in [-0.05, 0) is 36.8 Å². The number of benzene rings is 2. The lowest BCUT2D eigenvalue weighted by molar-refractivity contribution is -0.115. The zero-order chi connectivity index (χ0) is 16.1. The molecular weight excluding hydrogens is 326 g/mol. The summed E-state index contributed by atoms with van der Waals surface area (Å²) in [4.78, 5) is 11.9. The minimum Gasteiger partial charge on any atom is -0.324 e. The van der Waals surface area contributed by atoms with Crippen molar-refractivity contribution in [3.63, 3.8) is 0 Å². The lowest BCUT2D eigenvalue weighted by Gasteiger charge is -2.15. The van der Waals surface area contributed by atoms with Crippen LogP contribution in [-0.2, 0) is 4.79 Å². The second-order valence-corrected chi connectivity index (χ2v) is 5.61. The highest BCUT2D eigenvalue weighted by molar-refractivity contribution is 6.33. The Bertz CT molecular complexity index is 679. The van der Waals surface area contributed by atoms with Gasteiger partial charge in [0.15, 0.2) is 0 Å². The molecule has 2 aromatic carbocycles. The van der Waals surface area contributed by atoms with Gasteiger partial charge in [-0.1, -0.05) is 41.4 Å². The maximum atomic E-state index is 12.9. The van der Waals surface area contributed by atoms with Crippen molar-refractivity contribution in [2.75, 3.05) is 11.9 Å². The van der Waals surface area contributed by atoms with Crippen LogP contribution < -0.4 is 10.6 Å². The van der Waals surface area contributed by atoms with Crippen LogP contribution >= 0.6 is 23.2 Å². The van der Waals surface area contributed by atoms with E-state index in [1.54, 1.807) is 6.07 Å². The summed E-state index contributed by atoms with van der Waals surface area (Å²) in [6, 6.07) is 11.2. The van der Waals surface area contributed by atoms with Gasteiger partial charge in [0, 0.05) is 11.1 Å². The molecule has 0 aliphatic heterocycles. The van der Waals surface area contributed by atoms with Gasteiger partial charge in [0.2, 0.25) is 5.91 Å². The van der Waals surface area contributed by atoms with Crippen molar-refractivity contribution in [2.45, 2.75) is 13.0 Å². The number of carbonyl (C=O) groups is 1. The van der Waals surface area contributed by atoms with Crippen LogP contribution in [0.25, 0.3) is 0 Å². The molecule has 22 heavy (non-hydrogen) atoms. The molecule has 0 unspecified atom stereocenters. The molecule has 3 nitrogen and oxygen atoms in total. The van der Waals surface area contributed by atoms with E-state index in [-0.39, 0.29) is 23.5 Å². The first kappa shape index (κ1) is 16.7. The van der Waals surface area contributed by atoms with Gasteiger partial charge in [-0.15, -0.1) is 0 Å². The summed E-state index contributed by atoms with van der Waals surface area (Å²) in [6.07, 6.45) is 0. The maximum absolute atomic E-state index is 12.9. The molecule has 0 saturated carbocycles. The average Bonchev–Trinajstić information content (AvgIpc) is 2.48. The Morgan fingerprint density at radius 3 is 2.59 bits per heavy atom. The first-order valence-corrected chi connectivity index (χ1v) is 7.45. The number of halogens is 3. The lowest BCUT2D eigenvalue weighted by atomic mass is 10.1. The summed E-state index contributed by atoms with van der Waals surface area (Å²) in [5.74, 6) is -0.721. The van der Waals surface area contributed by atoms with Gasteiger partial charge in [-0.2, -0.15) is 0 Å². The number of hydrogen-bond acceptors (Lipinski definition) is 2. The summed E-state index contributed by atoms with van der Waals surface area (Å²) >= 11 is 12.0. The Hall–Kier alpha value is -1.62.